The number of rotatable bonds is 4. The van der Waals surface area contributed by atoms with E-state index in [1.54, 1.807) is 12.1 Å². The molecule has 1 saturated heterocycles. The highest BCUT2D eigenvalue weighted by Crippen LogP contribution is 2.18. The molecule has 0 bridgehead atoms. The van der Waals surface area contributed by atoms with Gasteiger partial charge in [0.05, 0.1) is 7.11 Å². The van der Waals surface area contributed by atoms with E-state index in [1.807, 2.05) is 12.1 Å². The first kappa shape index (κ1) is 13.1. The van der Waals surface area contributed by atoms with Gasteiger partial charge in [-0.1, -0.05) is 12.1 Å². The number of carbonyl (C=O) groups is 3. The quantitative estimate of drug-likeness (QED) is 0.644. The number of esters is 1. The molecule has 0 spiro atoms. The Morgan fingerprint density at radius 1 is 1.32 bits per heavy atom. The van der Waals surface area contributed by atoms with Crippen molar-refractivity contribution in [2.24, 2.45) is 0 Å². The number of hydrogen-bond acceptors (Lipinski definition) is 4. The van der Waals surface area contributed by atoms with Crippen LogP contribution in [-0.2, 0) is 20.7 Å². The number of nitrogens with zero attached hydrogens (tertiary/aromatic N) is 1. The predicted octanol–water partition coefficient (Wildman–Crippen LogP) is 0.848. The standard InChI is InChI=1S/C13H14N2O4/c1-19-12(17)7-4-9-2-5-10(6-3-9)15-8-11(16)14-13(15)18/h2-3,5-6H,4,7-8H2,1H3,(H,14,16,18). The Kier molecular flexibility index (Phi) is 3.79. The van der Waals surface area contributed by atoms with Gasteiger partial charge < -0.3 is 4.74 Å². The average molecular weight is 262 g/mol. The largest absolute Gasteiger partial charge is 0.469 e. The van der Waals surface area contributed by atoms with Crippen LogP contribution in [0.25, 0.3) is 0 Å². The lowest BCUT2D eigenvalue weighted by Gasteiger charge is -2.13. The molecule has 0 atom stereocenters. The van der Waals surface area contributed by atoms with E-state index >= 15 is 0 Å². The summed E-state index contributed by atoms with van der Waals surface area (Å²) in [5.41, 5.74) is 1.63. The number of benzene rings is 1. The summed E-state index contributed by atoms with van der Waals surface area (Å²) in [6.07, 6.45) is 0.899. The third-order valence-electron chi connectivity index (χ3n) is 2.89. The highest BCUT2D eigenvalue weighted by Gasteiger charge is 2.27. The zero-order valence-electron chi connectivity index (χ0n) is 10.5. The Morgan fingerprint density at radius 2 is 2.00 bits per heavy atom. The molecule has 1 aromatic rings. The van der Waals surface area contributed by atoms with E-state index < -0.39 is 6.03 Å². The number of carbonyl (C=O) groups excluding carboxylic acids is 3. The molecule has 100 valence electrons. The Balaban J connectivity index is 2.00. The second-order valence-corrected chi connectivity index (χ2v) is 4.18. The van der Waals surface area contributed by atoms with Gasteiger partial charge in [0.1, 0.15) is 6.54 Å². The Hall–Kier alpha value is -2.37. The molecule has 0 aromatic heterocycles. The van der Waals surface area contributed by atoms with Crippen LogP contribution in [0.4, 0.5) is 10.5 Å². The van der Waals surface area contributed by atoms with Crippen molar-refractivity contribution in [2.45, 2.75) is 12.8 Å². The second kappa shape index (κ2) is 5.51. The van der Waals surface area contributed by atoms with Gasteiger partial charge in [-0.2, -0.15) is 0 Å². The lowest BCUT2D eigenvalue weighted by Crippen LogP contribution is -2.27. The van der Waals surface area contributed by atoms with Crippen molar-refractivity contribution in [3.05, 3.63) is 29.8 Å². The minimum atomic E-state index is -0.410. The van der Waals surface area contributed by atoms with Crippen LogP contribution in [0.3, 0.4) is 0 Å². The monoisotopic (exact) mass is 262 g/mol. The topological polar surface area (TPSA) is 75.7 Å². The molecule has 0 aliphatic carbocycles. The van der Waals surface area contributed by atoms with E-state index in [4.69, 9.17) is 0 Å². The van der Waals surface area contributed by atoms with Crippen molar-refractivity contribution in [3.63, 3.8) is 0 Å². The van der Waals surface area contributed by atoms with Gasteiger partial charge in [-0.05, 0) is 24.1 Å². The fourth-order valence-corrected chi connectivity index (χ4v) is 1.84. The van der Waals surface area contributed by atoms with Crippen LogP contribution in [-0.4, -0.2) is 31.6 Å². The molecule has 6 heteroatoms. The van der Waals surface area contributed by atoms with Gasteiger partial charge in [0.25, 0.3) is 0 Å². The highest BCUT2D eigenvalue weighted by atomic mass is 16.5. The second-order valence-electron chi connectivity index (χ2n) is 4.18. The van der Waals surface area contributed by atoms with Crippen LogP contribution in [0.5, 0.6) is 0 Å². The number of nitrogens with one attached hydrogen (secondary N) is 1. The van der Waals surface area contributed by atoms with Gasteiger partial charge in [0, 0.05) is 12.1 Å². The number of imide groups is 1. The average Bonchev–Trinajstić information content (AvgIpc) is 2.75. The predicted molar refractivity (Wildman–Crippen MR) is 67.7 cm³/mol. The Bertz CT molecular complexity index is 510. The van der Waals surface area contributed by atoms with Crippen LogP contribution in [0.1, 0.15) is 12.0 Å². The van der Waals surface area contributed by atoms with E-state index in [-0.39, 0.29) is 18.4 Å². The number of urea groups is 1. The summed E-state index contributed by atoms with van der Waals surface area (Å²) in [6.45, 7) is 0.0420. The highest BCUT2D eigenvalue weighted by molar-refractivity contribution is 6.12. The van der Waals surface area contributed by atoms with E-state index in [2.05, 4.69) is 10.1 Å². The smallest absolute Gasteiger partial charge is 0.329 e. The van der Waals surface area contributed by atoms with E-state index in [1.165, 1.54) is 12.0 Å². The first-order valence-electron chi connectivity index (χ1n) is 5.87. The van der Waals surface area contributed by atoms with Crippen molar-refractivity contribution in [1.29, 1.82) is 0 Å². The summed E-state index contributed by atoms with van der Waals surface area (Å²) in [6, 6.07) is 6.76. The molecule has 1 N–H and O–H groups in total. The number of ether oxygens (including phenoxy) is 1. The van der Waals surface area contributed by atoms with Gasteiger partial charge in [-0.3, -0.25) is 19.8 Å². The first-order valence-corrected chi connectivity index (χ1v) is 5.87. The van der Waals surface area contributed by atoms with Crippen LogP contribution >= 0.6 is 0 Å². The van der Waals surface area contributed by atoms with Crippen LogP contribution < -0.4 is 10.2 Å². The molecule has 1 heterocycles. The molecule has 19 heavy (non-hydrogen) atoms. The summed E-state index contributed by atoms with van der Waals surface area (Å²) in [4.78, 5) is 34.9. The summed E-state index contributed by atoms with van der Waals surface area (Å²) in [7, 11) is 1.36. The fourth-order valence-electron chi connectivity index (χ4n) is 1.84. The molecule has 0 unspecified atom stereocenters. The normalized spacial score (nSPS) is 14.5. The van der Waals surface area contributed by atoms with Gasteiger partial charge in [-0.15, -0.1) is 0 Å². The van der Waals surface area contributed by atoms with Crippen molar-refractivity contribution >= 4 is 23.6 Å². The summed E-state index contributed by atoms with van der Waals surface area (Å²) >= 11 is 0. The molecule has 1 aliphatic heterocycles. The SMILES string of the molecule is COC(=O)CCc1ccc(N2CC(=O)NC2=O)cc1. The summed E-state index contributed by atoms with van der Waals surface area (Å²) in [5, 5.41) is 2.21. The third kappa shape index (κ3) is 3.09. The maximum absolute atomic E-state index is 11.5. The number of anilines is 1. The number of hydrogen-bond donors (Lipinski definition) is 1. The van der Waals surface area contributed by atoms with Gasteiger partial charge in [0.2, 0.25) is 5.91 Å². The van der Waals surface area contributed by atoms with Crippen molar-refractivity contribution < 1.29 is 19.1 Å². The molecule has 0 radical (unpaired) electrons. The Labute approximate surface area is 110 Å². The molecular formula is C13H14N2O4. The number of amides is 3. The molecule has 1 fully saturated rings. The molecule has 3 amide bonds. The minimum absolute atomic E-state index is 0.0420. The van der Waals surface area contributed by atoms with Gasteiger partial charge in [0.15, 0.2) is 0 Å². The van der Waals surface area contributed by atoms with E-state index in [9.17, 15) is 14.4 Å². The fraction of sp³-hybridized carbons (Fsp3) is 0.308. The van der Waals surface area contributed by atoms with Crippen LogP contribution in [0, 0.1) is 0 Å². The molecule has 0 saturated carbocycles. The lowest BCUT2D eigenvalue weighted by atomic mass is 10.1. The zero-order valence-corrected chi connectivity index (χ0v) is 10.5. The van der Waals surface area contributed by atoms with Crippen molar-refractivity contribution in [1.82, 2.24) is 5.32 Å². The summed E-state index contributed by atoms with van der Waals surface area (Å²) < 4.78 is 4.57. The maximum atomic E-state index is 11.5. The minimum Gasteiger partial charge on any atom is -0.469 e. The third-order valence-corrected chi connectivity index (χ3v) is 2.89. The van der Waals surface area contributed by atoms with Crippen LogP contribution in [0.15, 0.2) is 24.3 Å². The van der Waals surface area contributed by atoms with Crippen LogP contribution in [0.2, 0.25) is 0 Å². The summed E-state index contributed by atoms with van der Waals surface area (Å²) in [5.74, 6) is -0.562. The van der Waals surface area contributed by atoms with E-state index in [0.29, 0.717) is 18.5 Å². The number of methoxy groups -OCH3 is 1. The van der Waals surface area contributed by atoms with Gasteiger partial charge in [-0.25, -0.2) is 4.79 Å². The molecule has 1 aromatic carbocycles. The van der Waals surface area contributed by atoms with Gasteiger partial charge >= 0.3 is 12.0 Å². The maximum Gasteiger partial charge on any atom is 0.329 e. The molecule has 1 aliphatic rings. The van der Waals surface area contributed by atoms with Crippen molar-refractivity contribution in [3.8, 4) is 0 Å². The first-order chi connectivity index (χ1) is 9.10. The Morgan fingerprint density at radius 3 is 2.53 bits per heavy atom. The molecular weight excluding hydrogens is 248 g/mol. The van der Waals surface area contributed by atoms with E-state index in [0.717, 1.165) is 5.56 Å². The number of aryl methyl sites for hydroxylation is 1. The molecule has 6 nitrogen and oxygen atoms in total. The lowest BCUT2D eigenvalue weighted by molar-refractivity contribution is -0.140. The molecule has 2 rings (SSSR count). The zero-order chi connectivity index (χ0) is 13.8. The van der Waals surface area contributed by atoms with Crippen molar-refractivity contribution in [2.75, 3.05) is 18.6 Å².